The number of ether oxygens (including phenoxy) is 1. The molecule has 0 amide bonds. The predicted molar refractivity (Wildman–Crippen MR) is 52.8 cm³/mol. The average Bonchev–Trinajstić information content (AvgIpc) is 2.65. The zero-order valence-electron chi connectivity index (χ0n) is 8.45. The van der Waals surface area contributed by atoms with Crippen molar-refractivity contribution in [3.8, 4) is 0 Å². The van der Waals surface area contributed by atoms with Crippen LogP contribution in [0, 0.1) is 0 Å². The average molecular weight is 199 g/mol. The summed E-state index contributed by atoms with van der Waals surface area (Å²) in [6.45, 7) is 4.87. The highest BCUT2D eigenvalue weighted by molar-refractivity contribution is 5.05. The van der Waals surface area contributed by atoms with Crippen LogP contribution in [0.15, 0.2) is 16.5 Å². The van der Waals surface area contributed by atoms with Crippen LogP contribution in [0.4, 0.5) is 0 Å². The lowest BCUT2D eigenvalue weighted by atomic mass is 10.4. The number of furan rings is 1. The second-order valence-corrected chi connectivity index (χ2v) is 2.90. The van der Waals surface area contributed by atoms with Crippen LogP contribution in [0.1, 0.15) is 18.4 Å². The van der Waals surface area contributed by atoms with E-state index in [1.807, 2.05) is 13.0 Å². The molecule has 0 unspecified atom stereocenters. The highest BCUT2D eigenvalue weighted by Gasteiger charge is 1.99. The zero-order chi connectivity index (χ0) is 10.2. The van der Waals surface area contributed by atoms with Gasteiger partial charge >= 0.3 is 0 Å². The number of hydrogen-bond donors (Lipinski definition) is 2. The number of rotatable bonds is 7. The molecule has 0 saturated heterocycles. The lowest BCUT2D eigenvalue weighted by molar-refractivity contribution is 0.148. The van der Waals surface area contributed by atoms with Gasteiger partial charge in [0.2, 0.25) is 0 Å². The van der Waals surface area contributed by atoms with Crippen molar-refractivity contribution in [3.05, 3.63) is 23.7 Å². The highest BCUT2D eigenvalue weighted by atomic mass is 16.5. The molecule has 0 bridgehead atoms. The van der Waals surface area contributed by atoms with E-state index >= 15 is 0 Å². The molecule has 0 aromatic carbocycles. The van der Waals surface area contributed by atoms with Gasteiger partial charge in [-0.3, -0.25) is 0 Å². The first kappa shape index (κ1) is 11.2. The Hall–Kier alpha value is -0.840. The molecule has 4 nitrogen and oxygen atoms in total. The Labute approximate surface area is 83.9 Å². The first-order valence-electron chi connectivity index (χ1n) is 4.83. The molecule has 14 heavy (non-hydrogen) atoms. The van der Waals surface area contributed by atoms with Gasteiger partial charge in [-0.15, -0.1) is 0 Å². The molecule has 0 radical (unpaired) electrons. The topological polar surface area (TPSA) is 54.6 Å². The summed E-state index contributed by atoms with van der Waals surface area (Å²) >= 11 is 0. The smallest absolute Gasteiger partial charge is 0.129 e. The second-order valence-electron chi connectivity index (χ2n) is 2.90. The summed E-state index contributed by atoms with van der Waals surface area (Å²) in [7, 11) is 0. The third kappa shape index (κ3) is 3.91. The van der Waals surface area contributed by atoms with E-state index in [1.165, 1.54) is 0 Å². The quantitative estimate of drug-likeness (QED) is 0.640. The highest BCUT2D eigenvalue weighted by Crippen LogP contribution is 2.06. The first-order valence-corrected chi connectivity index (χ1v) is 4.83. The van der Waals surface area contributed by atoms with Gasteiger partial charge in [0.1, 0.15) is 18.1 Å². The Morgan fingerprint density at radius 3 is 2.86 bits per heavy atom. The fraction of sp³-hybridized carbons (Fsp3) is 0.600. The van der Waals surface area contributed by atoms with Gasteiger partial charge in [0.05, 0.1) is 13.2 Å². The molecular formula is C10H17NO3. The number of nitrogens with one attached hydrogen (secondary N) is 1. The Balaban J connectivity index is 2.12. The molecule has 1 rings (SSSR count). The van der Waals surface area contributed by atoms with Gasteiger partial charge in [-0.05, 0) is 19.1 Å². The maximum Gasteiger partial charge on any atom is 0.129 e. The third-order valence-corrected chi connectivity index (χ3v) is 1.80. The molecule has 0 fully saturated rings. The van der Waals surface area contributed by atoms with Gasteiger partial charge in [-0.2, -0.15) is 0 Å². The predicted octanol–water partition coefficient (Wildman–Crippen LogP) is 0.898. The fourth-order valence-electron chi connectivity index (χ4n) is 1.10. The Morgan fingerprint density at radius 2 is 2.21 bits per heavy atom. The molecule has 80 valence electrons. The minimum atomic E-state index is -0.0427. The van der Waals surface area contributed by atoms with Crippen molar-refractivity contribution in [1.82, 2.24) is 5.32 Å². The van der Waals surface area contributed by atoms with Crippen LogP contribution in [0.5, 0.6) is 0 Å². The second kappa shape index (κ2) is 6.59. The van der Waals surface area contributed by atoms with E-state index in [-0.39, 0.29) is 6.61 Å². The van der Waals surface area contributed by atoms with Gasteiger partial charge < -0.3 is 19.6 Å². The van der Waals surface area contributed by atoms with Crippen LogP contribution < -0.4 is 5.32 Å². The van der Waals surface area contributed by atoms with Gasteiger partial charge in [0.25, 0.3) is 0 Å². The molecular weight excluding hydrogens is 182 g/mol. The van der Waals surface area contributed by atoms with E-state index in [0.717, 1.165) is 18.9 Å². The lowest BCUT2D eigenvalue weighted by Crippen LogP contribution is -2.18. The van der Waals surface area contributed by atoms with E-state index < -0.39 is 0 Å². The van der Waals surface area contributed by atoms with Crippen LogP contribution in [-0.2, 0) is 17.9 Å². The molecule has 1 heterocycles. The van der Waals surface area contributed by atoms with Crippen molar-refractivity contribution in [3.63, 3.8) is 0 Å². The number of aliphatic hydroxyl groups excluding tert-OH is 1. The van der Waals surface area contributed by atoms with Crippen LogP contribution in [0.2, 0.25) is 0 Å². The molecule has 0 saturated carbocycles. The summed E-state index contributed by atoms with van der Waals surface area (Å²) in [6, 6.07) is 3.64. The Bertz CT molecular complexity index is 247. The molecule has 0 atom stereocenters. The van der Waals surface area contributed by atoms with Crippen molar-refractivity contribution in [2.24, 2.45) is 0 Å². The van der Waals surface area contributed by atoms with Gasteiger partial charge in [0, 0.05) is 13.2 Å². The van der Waals surface area contributed by atoms with Crippen LogP contribution in [-0.4, -0.2) is 24.9 Å². The normalized spacial score (nSPS) is 10.7. The Morgan fingerprint density at radius 1 is 1.43 bits per heavy atom. The summed E-state index contributed by atoms with van der Waals surface area (Å²) in [5.41, 5.74) is 0. The van der Waals surface area contributed by atoms with Gasteiger partial charge in [-0.25, -0.2) is 0 Å². The van der Waals surface area contributed by atoms with E-state index in [2.05, 4.69) is 5.32 Å². The van der Waals surface area contributed by atoms with Crippen LogP contribution in [0.25, 0.3) is 0 Å². The van der Waals surface area contributed by atoms with Gasteiger partial charge in [0.15, 0.2) is 0 Å². The summed E-state index contributed by atoms with van der Waals surface area (Å²) in [5.74, 6) is 1.44. The Kier molecular flexibility index (Phi) is 5.29. The van der Waals surface area contributed by atoms with E-state index in [0.29, 0.717) is 18.9 Å². The molecule has 0 aliphatic rings. The van der Waals surface area contributed by atoms with Gasteiger partial charge in [-0.1, -0.05) is 0 Å². The number of aliphatic hydroxyl groups is 1. The maximum atomic E-state index is 8.76. The van der Waals surface area contributed by atoms with E-state index in [4.69, 9.17) is 14.3 Å². The van der Waals surface area contributed by atoms with Crippen molar-refractivity contribution in [2.75, 3.05) is 19.8 Å². The van der Waals surface area contributed by atoms with Crippen molar-refractivity contribution in [2.45, 2.75) is 20.1 Å². The minimum absolute atomic E-state index is 0.0427. The molecule has 4 heteroatoms. The van der Waals surface area contributed by atoms with Crippen molar-refractivity contribution >= 4 is 0 Å². The number of hydrogen-bond acceptors (Lipinski definition) is 4. The maximum absolute atomic E-state index is 8.76. The molecule has 0 aliphatic carbocycles. The lowest BCUT2D eigenvalue weighted by Gasteiger charge is -2.02. The molecule has 2 N–H and O–H groups in total. The zero-order valence-corrected chi connectivity index (χ0v) is 8.45. The standard InChI is InChI=1S/C10H17NO3/c1-2-13-6-5-11-7-9-3-4-10(8-12)14-9/h3-4,11-12H,2,5-8H2,1H3. The van der Waals surface area contributed by atoms with E-state index in [1.54, 1.807) is 6.07 Å². The van der Waals surface area contributed by atoms with E-state index in [9.17, 15) is 0 Å². The molecule has 1 aromatic rings. The molecule has 1 aromatic heterocycles. The monoisotopic (exact) mass is 199 g/mol. The van der Waals surface area contributed by atoms with Crippen LogP contribution in [0.3, 0.4) is 0 Å². The van der Waals surface area contributed by atoms with Crippen LogP contribution >= 0.6 is 0 Å². The largest absolute Gasteiger partial charge is 0.462 e. The first-order chi connectivity index (χ1) is 6.86. The summed E-state index contributed by atoms with van der Waals surface area (Å²) in [5, 5.41) is 11.9. The van der Waals surface area contributed by atoms with Crippen molar-refractivity contribution < 1.29 is 14.3 Å². The summed E-state index contributed by atoms with van der Waals surface area (Å²) < 4.78 is 10.5. The van der Waals surface area contributed by atoms with Crippen molar-refractivity contribution in [1.29, 1.82) is 0 Å². The SMILES string of the molecule is CCOCCNCc1ccc(CO)o1. The fourth-order valence-corrected chi connectivity index (χ4v) is 1.10. The molecule has 0 spiro atoms. The third-order valence-electron chi connectivity index (χ3n) is 1.80. The summed E-state index contributed by atoms with van der Waals surface area (Å²) in [6.07, 6.45) is 0. The minimum Gasteiger partial charge on any atom is -0.462 e. The summed E-state index contributed by atoms with van der Waals surface area (Å²) in [4.78, 5) is 0. The molecule has 0 aliphatic heterocycles.